The molecule has 0 aliphatic heterocycles. The minimum Gasteiger partial charge on any atom is -0.652 e. The second-order valence-electron chi connectivity index (χ2n) is 0.921. The molecule has 9 nitrogen and oxygen atoms in total. The summed E-state index contributed by atoms with van der Waals surface area (Å²) in [6.07, 6.45) is -2.33. The van der Waals surface area contributed by atoms with Crippen LogP contribution in [0.15, 0.2) is 0 Å². The van der Waals surface area contributed by atoms with Gasteiger partial charge in [0.25, 0.3) is 0 Å². The van der Waals surface area contributed by atoms with E-state index in [9.17, 15) is 0 Å². The van der Waals surface area contributed by atoms with Gasteiger partial charge >= 0.3 is 257 Å². The van der Waals surface area contributed by atoms with Crippen LogP contribution in [0, 0.1) is 0 Å². The van der Waals surface area contributed by atoms with Crippen molar-refractivity contribution in [3.05, 3.63) is 0 Å². The third-order valence-corrected chi connectivity index (χ3v) is 0.167. The van der Waals surface area contributed by atoms with Crippen molar-refractivity contribution < 1.29 is 302 Å². The van der Waals surface area contributed by atoms with Crippen molar-refractivity contribution in [3.63, 3.8) is 0 Å². The Bertz CT molecular complexity index is 181. The molecule has 0 bridgehead atoms. The van der Waals surface area contributed by atoms with Crippen LogP contribution < -0.4 is 282 Å². The molecule has 0 aliphatic carbocycles. The molecule has 0 aromatic rings. The first kappa shape index (κ1) is 49.6. The number of carbonyl (C=O) groups excluding carboxylic acids is 4. The zero-order valence-corrected chi connectivity index (χ0v) is 26.4. The first-order valence-corrected chi connectivity index (χ1v) is 2.15. The van der Waals surface area contributed by atoms with Crippen molar-refractivity contribution in [1.82, 2.24) is 0 Å². The summed E-state index contributed by atoms with van der Waals surface area (Å²) in [4.78, 5) is 34.4. The van der Waals surface area contributed by atoms with Gasteiger partial charge in [-0.2, -0.15) is 0 Å². The molecule has 14 heteroatoms. The molecule has 0 aromatic carbocycles. The average Bonchev–Trinajstić information content (AvgIpc) is 1.87. The molecule has 18 heavy (non-hydrogen) atoms. The second-order valence-corrected chi connectivity index (χ2v) is 0.921. The summed E-state index contributed by atoms with van der Waals surface area (Å²) in [7, 11) is 0. The number of aliphatic carboxylic acids is 2. The molecular formula is C4HK5O9. The SMILES string of the molecule is O=C([O-])C(=O)[O-].O=C([O-])[O-].O=C[O-].[K+].[K+].[K+].[K+].[K+]. The molecule has 0 saturated carbocycles. The Morgan fingerprint density at radius 1 is 0.667 bits per heavy atom. The maximum absolute atomic E-state index is 8.93. The van der Waals surface area contributed by atoms with Crippen LogP contribution in [0.4, 0.5) is 4.79 Å². The van der Waals surface area contributed by atoms with Gasteiger partial charge in [0.2, 0.25) is 0 Å². The molecule has 0 amide bonds. The molecular weight excluding hydrogens is 388 g/mol. The van der Waals surface area contributed by atoms with Crippen LogP contribution in [0.25, 0.3) is 0 Å². The van der Waals surface area contributed by atoms with Gasteiger partial charge in [-0.25, -0.2) is 0 Å². The monoisotopic (exact) mass is 388 g/mol. The van der Waals surface area contributed by atoms with E-state index in [0.29, 0.717) is 0 Å². The third-order valence-electron chi connectivity index (χ3n) is 0.167. The molecule has 0 aliphatic rings. The zero-order valence-electron chi connectivity index (χ0n) is 10.8. The van der Waals surface area contributed by atoms with Gasteiger partial charge in [-0.1, -0.05) is 0 Å². The maximum Gasteiger partial charge on any atom is 1.00 e. The van der Waals surface area contributed by atoms with E-state index in [1.54, 1.807) is 0 Å². The zero-order chi connectivity index (χ0) is 11.4. The predicted molar refractivity (Wildman–Crippen MR) is 21.5 cm³/mol. The van der Waals surface area contributed by atoms with Gasteiger partial charge in [0.1, 0.15) is 0 Å². The van der Waals surface area contributed by atoms with Crippen LogP contribution >= 0.6 is 0 Å². The minimum absolute atomic E-state index is 0. The molecule has 76 valence electrons. The Morgan fingerprint density at radius 3 is 0.722 bits per heavy atom. The van der Waals surface area contributed by atoms with E-state index in [2.05, 4.69) is 0 Å². The van der Waals surface area contributed by atoms with Crippen molar-refractivity contribution in [3.8, 4) is 0 Å². The number of rotatable bonds is 0. The molecule has 0 N–H and O–H groups in total. The van der Waals surface area contributed by atoms with Gasteiger partial charge in [0.05, 0.1) is 11.9 Å². The molecule has 0 aromatic heterocycles. The van der Waals surface area contributed by atoms with Crippen LogP contribution in [0.1, 0.15) is 0 Å². The fraction of sp³-hybridized carbons (Fsp3) is 0. The Morgan fingerprint density at radius 2 is 0.722 bits per heavy atom. The Labute approximate surface area is 315 Å². The standard InChI is InChI=1S/C2H2O4.CH2O3.CH2O2.5K/c3-1(4)2(5)6;2-1(3)4;2-1-3;;;;;/h(H,3,4)(H,5,6);(H2,2,3,4);1H,(H,2,3);;;;;/q;;;5*+1/p-5. The van der Waals surface area contributed by atoms with E-state index in [1.165, 1.54) is 0 Å². The molecule has 0 unspecified atom stereocenters. The van der Waals surface area contributed by atoms with E-state index in [1.807, 2.05) is 0 Å². The summed E-state index contributed by atoms with van der Waals surface area (Å²) < 4.78 is 0. The summed E-state index contributed by atoms with van der Waals surface area (Å²) in [6, 6.07) is 0. The molecule has 0 fully saturated rings. The number of hydrogen-bond acceptors (Lipinski definition) is 9. The van der Waals surface area contributed by atoms with Crippen LogP contribution in [-0.2, 0) is 14.4 Å². The number of carbonyl (C=O) groups is 4. The quantitative estimate of drug-likeness (QED) is 0.221. The van der Waals surface area contributed by atoms with Crippen molar-refractivity contribution in [2.24, 2.45) is 0 Å². The van der Waals surface area contributed by atoms with Crippen LogP contribution in [0.3, 0.4) is 0 Å². The van der Waals surface area contributed by atoms with Gasteiger partial charge in [-0.3, -0.25) is 0 Å². The summed E-state index contributed by atoms with van der Waals surface area (Å²) in [5.41, 5.74) is 0. The van der Waals surface area contributed by atoms with Crippen molar-refractivity contribution in [2.75, 3.05) is 0 Å². The average molecular weight is 389 g/mol. The van der Waals surface area contributed by atoms with Crippen molar-refractivity contribution in [2.45, 2.75) is 0 Å². The fourth-order valence-corrected chi connectivity index (χ4v) is 0. The summed E-state index contributed by atoms with van der Waals surface area (Å²) in [5.74, 6) is -4.37. The van der Waals surface area contributed by atoms with Gasteiger partial charge in [-0.15, -0.1) is 0 Å². The second kappa shape index (κ2) is 43.4. The first-order chi connectivity index (χ1) is 5.79. The van der Waals surface area contributed by atoms with E-state index in [0.717, 1.165) is 0 Å². The largest absolute Gasteiger partial charge is 1.00 e. The third kappa shape index (κ3) is 97.8. The number of carboxylic acid groups (broad SMARTS) is 5. The van der Waals surface area contributed by atoms with E-state index in [-0.39, 0.29) is 257 Å². The minimum atomic E-state index is -2.33. The van der Waals surface area contributed by atoms with E-state index in [4.69, 9.17) is 44.7 Å². The van der Waals surface area contributed by atoms with E-state index >= 15 is 0 Å². The van der Waals surface area contributed by atoms with E-state index < -0.39 is 24.6 Å². The normalized spacial score (nSPS) is 4.44. The predicted octanol–water partition coefficient (Wildman–Crippen LogP) is -22.6. The molecule has 0 heterocycles. The van der Waals surface area contributed by atoms with Crippen LogP contribution in [0.5, 0.6) is 0 Å². The van der Waals surface area contributed by atoms with Gasteiger partial charge in [-0.05, 0) is 6.16 Å². The van der Waals surface area contributed by atoms with Crippen molar-refractivity contribution >= 4 is 24.6 Å². The van der Waals surface area contributed by atoms with Crippen LogP contribution in [0.2, 0.25) is 0 Å². The molecule has 0 atom stereocenters. The Balaban J connectivity index is -0.0000000127. The molecule has 0 spiro atoms. The van der Waals surface area contributed by atoms with Gasteiger partial charge < -0.3 is 44.7 Å². The Kier molecular flexibility index (Phi) is 120. The first-order valence-electron chi connectivity index (χ1n) is 2.15. The fourth-order valence-electron chi connectivity index (χ4n) is 0. The van der Waals surface area contributed by atoms with Gasteiger partial charge in [0, 0.05) is 6.47 Å². The number of hydrogen-bond donors (Lipinski definition) is 0. The topological polar surface area (TPSA) is 184 Å². The number of carboxylic acids is 2. The molecule has 0 radical (unpaired) electrons. The molecule has 0 rings (SSSR count). The van der Waals surface area contributed by atoms with Gasteiger partial charge in [0.15, 0.2) is 0 Å². The summed E-state index contributed by atoms with van der Waals surface area (Å²) in [5, 5.41) is 42.8. The smallest absolute Gasteiger partial charge is 0.652 e. The molecule has 0 saturated heterocycles. The summed E-state index contributed by atoms with van der Waals surface area (Å²) in [6.45, 7) is -0.500. The van der Waals surface area contributed by atoms with Crippen molar-refractivity contribution in [1.29, 1.82) is 0 Å². The Hall–Kier alpha value is 5.86. The maximum atomic E-state index is 8.93. The van der Waals surface area contributed by atoms with Crippen LogP contribution in [-0.4, -0.2) is 24.6 Å². The summed E-state index contributed by atoms with van der Waals surface area (Å²) >= 11 is 0.